The highest BCUT2D eigenvalue weighted by molar-refractivity contribution is 6.00. The third-order valence-corrected chi connectivity index (χ3v) is 10.7. The quantitative estimate of drug-likeness (QED) is 0.472. The van der Waals surface area contributed by atoms with Gasteiger partial charge < -0.3 is 5.11 Å². The van der Waals surface area contributed by atoms with Gasteiger partial charge >= 0.3 is 5.97 Å². The molecule has 0 aromatic rings. The fraction of sp³-hybridized carbons (Fsp3) is 0.759. The Balaban J connectivity index is 1.56. The van der Waals surface area contributed by atoms with Crippen LogP contribution in [0.4, 0.5) is 0 Å². The topological polar surface area (TPSA) is 71.4 Å². The molecule has 0 aromatic carbocycles. The number of Topliss-reactive ketones (excluding diaryl/α,β-unsaturated/α-hetero) is 2. The highest BCUT2D eigenvalue weighted by Gasteiger charge is 2.59. The maximum Gasteiger partial charge on any atom is 0.310 e. The van der Waals surface area contributed by atoms with Gasteiger partial charge in [0.05, 0.1) is 5.92 Å². The number of hydrogen-bond donors (Lipinski definition) is 1. The molecular formula is C29H42O4. The lowest BCUT2D eigenvalue weighted by Crippen LogP contribution is -2.50. The summed E-state index contributed by atoms with van der Waals surface area (Å²) in [6.07, 6.45) is 8.05. The van der Waals surface area contributed by atoms with E-state index in [1.807, 2.05) is 0 Å². The van der Waals surface area contributed by atoms with Crippen LogP contribution in [0.25, 0.3) is 0 Å². The number of ketones is 2. The van der Waals surface area contributed by atoms with Gasteiger partial charge in [-0.3, -0.25) is 14.4 Å². The first kappa shape index (κ1) is 24.4. The fourth-order valence-electron chi connectivity index (χ4n) is 8.56. The zero-order chi connectivity index (χ0) is 24.3. The highest BCUT2D eigenvalue weighted by Crippen LogP contribution is 2.65. The second kappa shape index (κ2) is 8.50. The van der Waals surface area contributed by atoms with Crippen molar-refractivity contribution >= 4 is 17.5 Å². The Bertz CT molecular complexity index is 913. The molecule has 33 heavy (non-hydrogen) atoms. The van der Waals surface area contributed by atoms with E-state index >= 15 is 0 Å². The van der Waals surface area contributed by atoms with Gasteiger partial charge in [-0.1, -0.05) is 45.4 Å². The molecule has 0 spiro atoms. The molecule has 4 heteroatoms. The summed E-state index contributed by atoms with van der Waals surface area (Å²) in [6, 6.07) is 0. The molecule has 182 valence electrons. The summed E-state index contributed by atoms with van der Waals surface area (Å²) in [6.45, 7) is 14.7. The molecule has 0 heterocycles. The van der Waals surface area contributed by atoms with Crippen LogP contribution in [0, 0.1) is 46.3 Å². The SMILES string of the molecule is C=C(CC[C@@H](C)C1CC[C@H]2C3=C(C(=O)C[C@]12C)[C@@]1(C)CCC(=O)[C@@H](C)[C@@H]1CC3)[C@@H](C)C(=O)O. The maximum atomic E-state index is 13.8. The van der Waals surface area contributed by atoms with Crippen LogP contribution in [0.5, 0.6) is 0 Å². The molecule has 1 unspecified atom stereocenters. The summed E-state index contributed by atoms with van der Waals surface area (Å²) < 4.78 is 0. The van der Waals surface area contributed by atoms with Crippen molar-refractivity contribution in [3.63, 3.8) is 0 Å². The number of aliphatic carboxylic acids is 1. The van der Waals surface area contributed by atoms with Crippen LogP contribution in [0.1, 0.15) is 92.4 Å². The number of rotatable bonds is 6. The molecule has 1 N–H and O–H groups in total. The fourth-order valence-corrected chi connectivity index (χ4v) is 8.56. The second-order valence-corrected chi connectivity index (χ2v) is 12.3. The summed E-state index contributed by atoms with van der Waals surface area (Å²) in [4.78, 5) is 37.5. The Labute approximate surface area is 199 Å². The van der Waals surface area contributed by atoms with E-state index in [2.05, 4.69) is 34.3 Å². The number of fused-ring (bicyclic) bond motifs is 4. The van der Waals surface area contributed by atoms with E-state index in [0.717, 1.165) is 56.1 Å². The maximum absolute atomic E-state index is 13.8. The lowest BCUT2D eigenvalue weighted by atomic mass is 9.48. The van der Waals surface area contributed by atoms with Crippen LogP contribution in [0.15, 0.2) is 23.3 Å². The summed E-state index contributed by atoms with van der Waals surface area (Å²) in [7, 11) is 0. The van der Waals surface area contributed by atoms with E-state index in [4.69, 9.17) is 0 Å². The number of hydrogen-bond acceptors (Lipinski definition) is 3. The van der Waals surface area contributed by atoms with Gasteiger partial charge in [0, 0.05) is 24.3 Å². The zero-order valence-corrected chi connectivity index (χ0v) is 21.2. The molecule has 0 aromatic heterocycles. The molecule has 0 amide bonds. The Kier molecular flexibility index (Phi) is 6.29. The van der Waals surface area contributed by atoms with Crippen molar-refractivity contribution in [2.24, 2.45) is 46.3 Å². The van der Waals surface area contributed by atoms with Crippen molar-refractivity contribution in [2.75, 3.05) is 0 Å². The first-order chi connectivity index (χ1) is 15.4. The third-order valence-electron chi connectivity index (χ3n) is 10.7. The third kappa shape index (κ3) is 3.76. The Hall–Kier alpha value is -1.71. The van der Waals surface area contributed by atoms with Gasteiger partial charge in [0.2, 0.25) is 0 Å². The molecule has 4 rings (SSSR count). The lowest BCUT2D eigenvalue weighted by Gasteiger charge is -2.54. The monoisotopic (exact) mass is 454 g/mol. The molecule has 8 atom stereocenters. The number of carboxylic acids is 1. The first-order valence-corrected chi connectivity index (χ1v) is 13.1. The number of carbonyl (C=O) groups excluding carboxylic acids is 2. The van der Waals surface area contributed by atoms with Crippen LogP contribution in [-0.4, -0.2) is 22.6 Å². The van der Waals surface area contributed by atoms with Gasteiger partial charge in [0.15, 0.2) is 5.78 Å². The van der Waals surface area contributed by atoms with Gasteiger partial charge in [-0.2, -0.15) is 0 Å². The highest BCUT2D eigenvalue weighted by atomic mass is 16.4. The molecule has 4 nitrogen and oxygen atoms in total. The smallest absolute Gasteiger partial charge is 0.310 e. The van der Waals surface area contributed by atoms with E-state index in [1.165, 1.54) is 5.57 Å². The minimum absolute atomic E-state index is 0.00558. The van der Waals surface area contributed by atoms with E-state index in [1.54, 1.807) is 6.92 Å². The van der Waals surface area contributed by atoms with E-state index in [-0.39, 0.29) is 16.7 Å². The number of carbonyl (C=O) groups is 3. The standard InChI is InChI=1S/C29H42O4/c1-16(18(3)27(32)33)7-8-17(2)21-11-12-23-20-9-10-22-19(4)24(30)13-14-28(22,5)26(20)25(31)15-29(21,23)6/h17-19,21-23H,1,7-15H2,2-6H3,(H,32,33)/t17-,18-,19+,21?,22+,23+,28+,29-/m1/s1. The van der Waals surface area contributed by atoms with Crippen molar-refractivity contribution in [1.29, 1.82) is 0 Å². The van der Waals surface area contributed by atoms with E-state index < -0.39 is 11.9 Å². The first-order valence-electron chi connectivity index (χ1n) is 13.1. The molecule has 0 radical (unpaired) electrons. The van der Waals surface area contributed by atoms with Crippen LogP contribution in [0.3, 0.4) is 0 Å². The lowest BCUT2D eigenvalue weighted by molar-refractivity contribution is -0.140. The molecule has 4 aliphatic carbocycles. The van der Waals surface area contributed by atoms with E-state index in [0.29, 0.717) is 48.1 Å². The predicted molar refractivity (Wildman–Crippen MR) is 130 cm³/mol. The molecule has 0 bridgehead atoms. The molecule has 2 fully saturated rings. The van der Waals surface area contributed by atoms with Crippen molar-refractivity contribution in [3.05, 3.63) is 23.3 Å². The zero-order valence-electron chi connectivity index (χ0n) is 21.2. The number of allylic oxidation sites excluding steroid dienone is 2. The Morgan fingerprint density at radius 2 is 1.85 bits per heavy atom. The van der Waals surface area contributed by atoms with Crippen LogP contribution in [0.2, 0.25) is 0 Å². The Morgan fingerprint density at radius 1 is 1.15 bits per heavy atom. The minimum Gasteiger partial charge on any atom is -0.481 e. The summed E-state index contributed by atoms with van der Waals surface area (Å²) >= 11 is 0. The second-order valence-electron chi connectivity index (χ2n) is 12.3. The van der Waals surface area contributed by atoms with Crippen molar-refractivity contribution < 1.29 is 19.5 Å². The molecular weight excluding hydrogens is 412 g/mol. The average Bonchev–Trinajstić information content (AvgIpc) is 3.10. The average molecular weight is 455 g/mol. The van der Waals surface area contributed by atoms with Gasteiger partial charge in [-0.25, -0.2) is 0 Å². The van der Waals surface area contributed by atoms with Gasteiger partial charge in [0.25, 0.3) is 0 Å². The molecule has 2 saturated carbocycles. The summed E-state index contributed by atoms with van der Waals surface area (Å²) in [5.74, 6) is 1.18. The van der Waals surface area contributed by atoms with E-state index in [9.17, 15) is 19.5 Å². The van der Waals surface area contributed by atoms with Crippen molar-refractivity contribution in [1.82, 2.24) is 0 Å². The summed E-state index contributed by atoms with van der Waals surface area (Å²) in [5.41, 5.74) is 3.22. The molecule has 0 aliphatic heterocycles. The minimum atomic E-state index is -0.805. The molecule has 4 aliphatic rings. The van der Waals surface area contributed by atoms with Crippen LogP contribution < -0.4 is 0 Å². The predicted octanol–water partition coefficient (Wildman–Crippen LogP) is 6.40. The normalized spacial score (nSPS) is 40.0. The van der Waals surface area contributed by atoms with Gasteiger partial charge in [-0.05, 0) is 86.4 Å². The van der Waals surface area contributed by atoms with Gasteiger partial charge in [-0.15, -0.1) is 0 Å². The van der Waals surface area contributed by atoms with Crippen molar-refractivity contribution in [2.45, 2.75) is 92.4 Å². The largest absolute Gasteiger partial charge is 0.481 e. The molecule has 0 saturated heterocycles. The van der Waals surface area contributed by atoms with Gasteiger partial charge in [0.1, 0.15) is 5.78 Å². The number of carboxylic acid groups (broad SMARTS) is 1. The summed E-state index contributed by atoms with van der Waals surface area (Å²) in [5, 5.41) is 9.28. The Morgan fingerprint density at radius 3 is 2.52 bits per heavy atom. The van der Waals surface area contributed by atoms with Crippen LogP contribution in [-0.2, 0) is 14.4 Å². The van der Waals surface area contributed by atoms with Crippen molar-refractivity contribution in [3.8, 4) is 0 Å². The van der Waals surface area contributed by atoms with Crippen LogP contribution >= 0.6 is 0 Å².